The first-order chi connectivity index (χ1) is 16.2. The first kappa shape index (κ1) is 26.4. The molecule has 3 amide bonds. The van der Waals surface area contributed by atoms with Crippen LogP contribution < -0.4 is 25.5 Å². The summed E-state index contributed by atoms with van der Waals surface area (Å²) >= 11 is 0. The van der Waals surface area contributed by atoms with Gasteiger partial charge in [-0.15, -0.1) is 0 Å². The van der Waals surface area contributed by atoms with Crippen LogP contribution in [0.5, 0.6) is 11.5 Å². The van der Waals surface area contributed by atoms with Crippen LogP contribution in [0.15, 0.2) is 41.5 Å². The summed E-state index contributed by atoms with van der Waals surface area (Å²) in [7, 11) is 0. The van der Waals surface area contributed by atoms with Crippen LogP contribution in [0.2, 0.25) is 0 Å². The van der Waals surface area contributed by atoms with Gasteiger partial charge in [0.2, 0.25) is 0 Å². The Bertz CT molecular complexity index is 1030. The predicted molar refractivity (Wildman–Crippen MR) is 131 cm³/mol. The summed E-state index contributed by atoms with van der Waals surface area (Å²) < 4.78 is 11.3. The Morgan fingerprint density at radius 2 is 1.71 bits per heavy atom. The molecular formula is C25H32N4O5. The molecule has 0 bridgehead atoms. The fourth-order valence-corrected chi connectivity index (χ4v) is 2.93. The lowest BCUT2D eigenvalue weighted by molar-refractivity contribution is -0.139. The van der Waals surface area contributed by atoms with Crippen molar-refractivity contribution in [1.29, 1.82) is 0 Å². The second-order valence-electron chi connectivity index (χ2n) is 7.72. The van der Waals surface area contributed by atoms with Crippen molar-refractivity contribution < 1.29 is 23.9 Å². The Balaban J connectivity index is 1.99. The van der Waals surface area contributed by atoms with Gasteiger partial charge in [0.15, 0.2) is 18.1 Å². The van der Waals surface area contributed by atoms with Crippen molar-refractivity contribution in [3.63, 3.8) is 0 Å². The van der Waals surface area contributed by atoms with Gasteiger partial charge in [0.25, 0.3) is 5.91 Å². The van der Waals surface area contributed by atoms with E-state index in [1.165, 1.54) is 6.21 Å². The van der Waals surface area contributed by atoms with Crippen LogP contribution in [-0.4, -0.2) is 43.2 Å². The smallest absolute Gasteiger partial charge is 0.329 e. The summed E-state index contributed by atoms with van der Waals surface area (Å²) in [4.78, 5) is 36.0. The van der Waals surface area contributed by atoms with Crippen LogP contribution in [0.3, 0.4) is 0 Å². The largest absolute Gasteiger partial charge is 0.490 e. The van der Waals surface area contributed by atoms with E-state index >= 15 is 0 Å². The van der Waals surface area contributed by atoms with Crippen molar-refractivity contribution in [1.82, 2.24) is 10.7 Å². The van der Waals surface area contributed by atoms with E-state index in [-0.39, 0.29) is 18.6 Å². The third-order valence-corrected chi connectivity index (χ3v) is 4.95. The number of rotatable bonds is 10. The highest BCUT2D eigenvalue weighted by molar-refractivity contribution is 6.35. The van der Waals surface area contributed by atoms with Gasteiger partial charge in [0.1, 0.15) is 0 Å². The number of amides is 3. The molecule has 9 heteroatoms. The number of ether oxygens (including phenoxy) is 2. The Labute approximate surface area is 199 Å². The molecular weight excluding hydrogens is 436 g/mol. The second kappa shape index (κ2) is 13.0. The second-order valence-corrected chi connectivity index (χ2v) is 7.72. The van der Waals surface area contributed by atoms with E-state index in [4.69, 9.17) is 9.47 Å². The predicted octanol–water partition coefficient (Wildman–Crippen LogP) is 3.08. The number of hydrogen-bond donors (Lipinski definition) is 3. The lowest BCUT2D eigenvalue weighted by Gasteiger charge is -2.14. The molecule has 0 aliphatic carbocycles. The average Bonchev–Trinajstić information content (AvgIpc) is 2.81. The van der Waals surface area contributed by atoms with Crippen LogP contribution in [0, 0.1) is 13.8 Å². The zero-order valence-corrected chi connectivity index (χ0v) is 20.2. The van der Waals surface area contributed by atoms with Gasteiger partial charge in [0.05, 0.1) is 12.8 Å². The molecule has 2 aromatic rings. The first-order valence-corrected chi connectivity index (χ1v) is 11.1. The third-order valence-electron chi connectivity index (χ3n) is 4.95. The van der Waals surface area contributed by atoms with Crippen molar-refractivity contribution in [2.45, 2.75) is 47.1 Å². The molecule has 0 saturated carbocycles. The SMILES string of the molecule is CCOc1cc(/C=N\NC(=O)C(=O)N[C@H](C)CC)ccc1OCC(=O)Nc1c(C)cccc1C. The number of carbonyl (C=O) groups excluding carboxylic acids is 3. The number of hydrazone groups is 1. The van der Waals surface area contributed by atoms with Gasteiger partial charge in [-0.25, -0.2) is 5.43 Å². The molecule has 0 aliphatic rings. The van der Waals surface area contributed by atoms with Gasteiger partial charge in [-0.3, -0.25) is 14.4 Å². The molecule has 0 heterocycles. The zero-order chi connectivity index (χ0) is 25.1. The summed E-state index contributed by atoms with van der Waals surface area (Å²) in [6.07, 6.45) is 2.10. The number of carbonyl (C=O) groups is 3. The number of aryl methyl sites for hydroxylation is 2. The molecule has 0 fully saturated rings. The van der Waals surface area contributed by atoms with Crippen molar-refractivity contribution in [3.8, 4) is 11.5 Å². The van der Waals surface area contributed by atoms with E-state index in [1.54, 1.807) is 25.1 Å². The van der Waals surface area contributed by atoms with E-state index in [0.29, 0.717) is 30.1 Å². The van der Waals surface area contributed by atoms with E-state index in [0.717, 1.165) is 16.8 Å². The fourth-order valence-electron chi connectivity index (χ4n) is 2.93. The minimum atomic E-state index is -0.851. The fraction of sp³-hybridized carbons (Fsp3) is 0.360. The maximum atomic E-state index is 12.4. The summed E-state index contributed by atoms with van der Waals surface area (Å²) in [6, 6.07) is 10.7. The van der Waals surface area contributed by atoms with Crippen molar-refractivity contribution in [2.75, 3.05) is 18.5 Å². The number of nitrogens with one attached hydrogen (secondary N) is 3. The molecule has 0 spiro atoms. The topological polar surface area (TPSA) is 118 Å². The van der Waals surface area contributed by atoms with Crippen LogP contribution >= 0.6 is 0 Å². The Kier molecular flexibility index (Phi) is 10.1. The quantitative estimate of drug-likeness (QED) is 0.281. The molecule has 0 saturated heterocycles. The number of anilines is 1. The Hall–Kier alpha value is -3.88. The van der Waals surface area contributed by atoms with E-state index in [9.17, 15) is 14.4 Å². The van der Waals surface area contributed by atoms with Gasteiger partial charge in [0, 0.05) is 11.7 Å². The van der Waals surface area contributed by atoms with E-state index in [1.807, 2.05) is 45.9 Å². The highest BCUT2D eigenvalue weighted by Gasteiger charge is 2.14. The molecule has 2 rings (SSSR count). The molecule has 9 nitrogen and oxygen atoms in total. The van der Waals surface area contributed by atoms with Crippen molar-refractivity contribution in [2.24, 2.45) is 5.10 Å². The molecule has 34 heavy (non-hydrogen) atoms. The van der Waals surface area contributed by atoms with Crippen LogP contribution in [0.25, 0.3) is 0 Å². The molecule has 182 valence electrons. The molecule has 1 atom stereocenters. The van der Waals surface area contributed by atoms with Gasteiger partial charge in [-0.1, -0.05) is 25.1 Å². The number of hydrogen-bond acceptors (Lipinski definition) is 6. The molecule has 0 radical (unpaired) electrons. The summed E-state index contributed by atoms with van der Waals surface area (Å²) in [5.74, 6) is -1.07. The van der Waals surface area contributed by atoms with E-state index < -0.39 is 11.8 Å². The number of nitrogens with zero attached hydrogens (tertiary/aromatic N) is 1. The maximum Gasteiger partial charge on any atom is 0.329 e. The maximum absolute atomic E-state index is 12.4. The van der Waals surface area contributed by atoms with Crippen molar-refractivity contribution >= 4 is 29.6 Å². The minimum absolute atomic E-state index is 0.105. The molecule has 0 unspecified atom stereocenters. The van der Waals surface area contributed by atoms with Crippen molar-refractivity contribution in [3.05, 3.63) is 53.1 Å². The van der Waals surface area contributed by atoms with Gasteiger partial charge < -0.3 is 20.1 Å². The molecule has 0 aliphatic heterocycles. The zero-order valence-electron chi connectivity index (χ0n) is 20.2. The molecule has 3 N–H and O–H groups in total. The number of para-hydroxylation sites is 1. The summed E-state index contributed by atoms with van der Waals surface area (Å²) in [6.45, 7) is 9.59. The molecule has 2 aromatic carbocycles. The standard InChI is InChI=1S/C25H32N4O5/c1-6-18(5)27-24(31)25(32)29-26-14-19-11-12-20(21(13-19)33-7-2)34-15-22(30)28-23-16(3)9-8-10-17(23)4/h8-14,18H,6-7,15H2,1-5H3,(H,27,31)(H,28,30)(H,29,32)/b26-14-/t18-/m1/s1. The monoisotopic (exact) mass is 468 g/mol. The normalized spacial score (nSPS) is 11.6. The Morgan fingerprint density at radius 3 is 2.35 bits per heavy atom. The highest BCUT2D eigenvalue weighted by Crippen LogP contribution is 2.28. The lowest BCUT2D eigenvalue weighted by atomic mass is 10.1. The van der Waals surface area contributed by atoms with Gasteiger partial charge >= 0.3 is 11.8 Å². The van der Waals surface area contributed by atoms with Crippen LogP contribution in [0.1, 0.15) is 43.9 Å². The van der Waals surface area contributed by atoms with Gasteiger partial charge in [-0.05, 0) is 69.0 Å². The summed E-state index contributed by atoms with van der Waals surface area (Å²) in [5.41, 5.74) is 5.51. The lowest BCUT2D eigenvalue weighted by Crippen LogP contribution is -2.41. The van der Waals surface area contributed by atoms with Gasteiger partial charge in [-0.2, -0.15) is 5.10 Å². The van der Waals surface area contributed by atoms with Crippen LogP contribution in [0.4, 0.5) is 5.69 Å². The minimum Gasteiger partial charge on any atom is -0.490 e. The number of benzene rings is 2. The molecule has 0 aromatic heterocycles. The first-order valence-electron chi connectivity index (χ1n) is 11.1. The average molecular weight is 469 g/mol. The highest BCUT2D eigenvalue weighted by atomic mass is 16.5. The Morgan fingerprint density at radius 1 is 1.00 bits per heavy atom. The summed E-state index contributed by atoms with van der Waals surface area (Å²) in [5, 5.41) is 9.26. The third kappa shape index (κ3) is 7.91. The van der Waals surface area contributed by atoms with Crippen LogP contribution in [-0.2, 0) is 14.4 Å². The van der Waals surface area contributed by atoms with E-state index in [2.05, 4.69) is 21.2 Å².